The lowest BCUT2D eigenvalue weighted by molar-refractivity contribution is 0.682. The molecule has 0 fully saturated rings. The molecule has 0 saturated heterocycles. The maximum absolute atomic E-state index is 4.68. The van der Waals surface area contributed by atoms with Gasteiger partial charge in [0.25, 0.3) is 0 Å². The molecule has 0 unspecified atom stereocenters. The van der Waals surface area contributed by atoms with E-state index in [9.17, 15) is 0 Å². The molecule has 0 aliphatic rings. The molecule has 1 aromatic heterocycles. The highest BCUT2D eigenvalue weighted by Gasteiger charge is 2.12. The number of rotatable bonds is 5. The minimum Gasteiger partial charge on any atom is -0.237 e. The van der Waals surface area contributed by atoms with E-state index in [1.165, 1.54) is 36.2 Å². The van der Waals surface area contributed by atoms with Gasteiger partial charge in [-0.2, -0.15) is 5.10 Å². The van der Waals surface area contributed by atoms with Gasteiger partial charge in [0.1, 0.15) is 0 Å². The maximum atomic E-state index is 4.68. The molecule has 0 aliphatic heterocycles. The number of aryl methyl sites for hydroxylation is 1. The van der Waals surface area contributed by atoms with E-state index < -0.39 is 0 Å². The molecule has 2 rings (SSSR count). The van der Waals surface area contributed by atoms with Crippen molar-refractivity contribution in [2.75, 3.05) is 0 Å². The molecule has 0 atom stereocenters. The van der Waals surface area contributed by atoms with Crippen molar-refractivity contribution in [1.82, 2.24) is 9.78 Å². The van der Waals surface area contributed by atoms with Gasteiger partial charge in [0, 0.05) is 5.69 Å². The van der Waals surface area contributed by atoms with Gasteiger partial charge in [-0.05, 0) is 44.4 Å². The number of aromatic nitrogens is 2. The van der Waals surface area contributed by atoms with Crippen LogP contribution >= 0.6 is 0 Å². The first-order valence-corrected chi connectivity index (χ1v) is 6.84. The third-order valence-corrected chi connectivity index (χ3v) is 3.50. The van der Waals surface area contributed by atoms with Gasteiger partial charge in [0.15, 0.2) is 0 Å². The van der Waals surface area contributed by atoms with E-state index >= 15 is 0 Å². The normalized spacial score (nSPS) is 10.8. The smallest absolute Gasteiger partial charge is 0.0649 e. The Balaban J connectivity index is 2.32. The van der Waals surface area contributed by atoms with Gasteiger partial charge in [-0.1, -0.05) is 38.0 Å². The summed E-state index contributed by atoms with van der Waals surface area (Å²) in [4.78, 5) is 0. The van der Waals surface area contributed by atoms with E-state index in [1.54, 1.807) is 0 Å². The van der Waals surface area contributed by atoms with E-state index in [0.717, 1.165) is 12.1 Å². The van der Waals surface area contributed by atoms with Crippen LogP contribution in [-0.4, -0.2) is 9.78 Å². The van der Waals surface area contributed by atoms with E-state index in [2.05, 4.69) is 54.8 Å². The highest BCUT2D eigenvalue weighted by Crippen LogP contribution is 2.19. The molecule has 1 heterocycles. The van der Waals surface area contributed by atoms with Crippen LogP contribution in [0.5, 0.6) is 0 Å². The van der Waals surface area contributed by atoms with E-state index in [4.69, 9.17) is 0 Å². The molecule has 96 valence electrons. The fourth-order valence-corrected chi connectivity index (χ4v) is 2.27. The second kappa shape index (κ2) is 5.85. The number of hydrogen-bond donors (Lipinski definition) is 0. The zero-order valence-electron chi connectivity index (χ0n) is 11.6. The maximum Gasteiger partial charge on any atom is 0.0649 e. The molecule has 1 aromatic carbocycles. The fraction of sp³-hybridized carbons (Fsp3) is 0.438. The summed E-state index contributed by atoms with van der Waals surface area (Å²) in [6.07, 6.45) is 4.92. The molecular formula is C16H22N2. The number of benzene rings is 1. The van der Waals surface area contributed by atoms with Gasteiger partial charge < -0.3 is 0 Å². The first kappa shape index (κ1) is 12.9. The van der Waals surface area contributed by atoms with Crippen molar-refractivity contribution in [3.05, 3.63) is 47.3 Å². The summed E-state index contributed by atoms with van der Waals surface area (Å²) in [5.74, 6) is 0. The molecule has 0 radical (unpaired) electrons. The topological polar surface area (TPSA) is 17.8 Å². The quantitative estimate of drug-likeness (QED) is 0.718. The van der Waals surface area contributed by atoms with Crippen LogP contribution in [0.4, 0.5) is 0 Å². The molecule has 0 spiro atoms. The lowest BCUT2D eigenvalue weighted by atomic mass is 10.1. The zero-order valence-corrected chi connectivity index (χ0v) is 11.6. The predicted molar refractivity (Wildman–Crippen MR) is 76.3 cm³/mol. The Bertz CT molecular complexity index is 497. The van der Waals surface area contributed by atoms with Crippen LogP contribution in [0.15, 0.2) is 30.3 Å². The van der Waals surface area contributed by atoms with Gasteiger partial charge >= 0.3 is 0 Å². The lowest BCUT2D eigenvalue weighted by Crippen LogP contribution is -2.03. The van der Waals surface area contributed by atoms with Crippen molar-refractivity contribution in [3.63, 3.8) is 0 Å². The Kier molecular flexibility index (Phi) is 4.19. The first-order valence-electron chi connectivity index (χ1n) is 6.84. The molecule has 0 N–H and O–H groups in total. The van der Waals surface area contributed by atoms with Gasteiger partial charge in [-0.3, -0.25) is 0 Å². The largest absolute Gasteiger partial charge is 0.237 e. The standard InChI is InChI=1S/C16H22N2/c1-4-5-7-12-16-13(2)14(3)17-18(16)15-10-8-6-9-11-15/h6,8-11H,4-5,7,12H2,1-3H3. The monoisotopic (exact) mass is 242 g/mol. The van der Waals surface area contributed by atoms with Crippen LogP contribution in [0.2, 0.25) is 0 Å². The molecule has 0 amide bonds. The lowest BCUT2D eigenvalue weighted by Gasteiger charge is -2.08. The molecule has 18 heavy (non-hydrogen) atoms. The summed E-state index contributed by atoms with van der Waals surface area (Å²) in [5.41, 5.74) is 5.02. The highest BCUT2D eigenvalue weighted by molar-refractivity contribution is 5.36. The second-order valence-electron chi connectivity index (χ2n) is 4.86. The molecule has 2 heteroatoms. The van der Waals surface area contributed by atoms with Crippen LogP contribution < -0.4 is 0 Å². The van der Waals surface area contributed by atoms with Crippen molar-refractivity contribution in [3.8, 4) is 5.69 Å². The van der Waals surface area contributed by atoms with Gasteiger partial charge in [0.2, 0.25) is 0 Å². The Hall–Kier alpha value is -1.57. The van der Waals surface area contributed by atoms with E-state index in [-0.39, 0.29) is 0 Å². The van der Waals surface area contributed by atoms with Crippen molar-refractivity contribution < 1.29 is 0 Å². The van der Waals surface area contributed by atoms with Crippen LogP contribution in [0, 0.1) is 13.8 Å². The van der Waals surface area contributed by atoms with Crippen molar-refractivity contribution >= 4 is 0 Å². The molecule has 0 bridgehead atoms. The van der Waals surface area contributed by atoms with Gasteiger partial charge in [-0.25, -0.2) is 4.68 Å². The van der Waals surface area contributed by atoms with Crippen LogP contribution in [-0.2, 0) is 6.42 Å². The van der Waals surface area contributed by atoms with Crippen LogP contribution in [0.1, 0.15) is 43.1 Å². The number of hydrogen-bond acceptors (Lipinski definition) is 1. The average molecular weight is 242 g/mol. The summed E-state index contributed by atoms with van der Waals surface area (Å²) < 4.78 is 2.11. The zero-order chi connectivity index (χ0) is 13.0. The third kappa shape index (κ3) is 2.63. The summed E-state index contributed by atoms with van der Waals surface area (Å²) in [6, 6.07) is 10.4. The van der Waals surface area contributed by atoms with Crippen molar-refractivity contribution in [2.45, 2.75) is 46.5 Å². The van der Waals surface area contributed by atoms with Crippen LogP contribution in [0.3, 0.4) is 0 Å². The Labute approximate surface area is 110 Å². The average Bonchev–Trinajstić information content (AvgIpc) is 2.68. The van der Waals surface area contributed by atoms with Gasteiger partial charge in [0.05, 0.1) is 11.4 Å². The van der Waals surface area contributed by atoms with Crippen molar-refractivity contribution in [1.29, 1.82) is 0 Å². The van der Waals surface area contributed by atoms with Gasteiger partial charge in [-0.15, -0.1) is 0 Å². The summed E-state index contributed by atoms with van der Waals surface area (Å²) in [7, 11) is 0. The SMILES string of the molecule is CCCCCc1c(C)c(C)nn1-c1ccccc1. The minimum absolute atomic E-state index is 1.12. The first-order chi connectivity index (χ1) is 8.74. The Morgan fingerprint density at radius 2 is 1.78 bits per heavy atom. The molecule has 0 aliphatic carbocycles. The Morgan fingerprint density at radius 1 is 1.06 bits per heavy atom. The second-order valence-corrected chi connectivity index (χ2v) is 4.86. The predicted octanol–water partition coefficient (Wildman–Crippen LogP) is 4.22. The minimum atomic E-state index is 1.12. The number of nitrogens with zero attached hydrogens (tertiary/aromatic N) is 2. The van der Waals surface area contributed by atoms with E-state index in [1.807, 2.05) is 6.07 Å². The molecule has 2 nitrogen and oxygen atoms in total. The number of para-hydroxylation sites is 1. The summed E-state index contributed by atoms with van der Waals surface area (Å²) >= 11 is 0. The number of unbranched alkanes of at least 4 members (excludes halogenated alkanes) is 2. The summed E-state index contributed by atoms with van der Waals surface area (Å²) in [6.45, 7) is 6.52. The van der Waals surface area contributed by atoms with E-state index in [0.29, 0.717) is 0 Å². The van der Waals surface area contributed by atoms with Crippen LogP contribution in [0.25, 0.3) is 5.69 Å². The molecular weight excluding hydrogens is 220 g/mol. The Morgan fingerprint density at radius 3 is 2.44 bits per heavy atom. The highest BCUT2D eigenvalue weighted by atomic mass is 15.3. The van der Waals surface area contributed by atoms with Crippen molar-refractivity contribution in [2.24, 2.45) is 0 Å². The molecule has 0 saturated carbocycles. The fourth-order valence-electron chi connectivity index (χ4n) is 2.27. The molecule has 2 aromatic rings. The third-order valence-electron chi connectivity index (χ3n) is 3.50. The summed E-state index contributed by atoms with van der Waals surface area (Å²) in [5, 5.41) is 4.68.